The Balaban J connectivity index is 2.25. The minimum atomic E-state index is -0.367. The second kappa shape index (κ2) is 4.31. The second-order valence-electron chi connectivity index (χ2n) is 3.30. The molecule has 15 heavy (non-hydrogen) atoms. The molecule has 0 N–H and O–H groups in total. The molecule has 1 heterocycles. The van der Waals surface area contributed by atoms with Gasteiger partial charge in [-0.1, -0.05) is 18.2 Å². The molecule has 0 radical (unpaired) electrons. The topological polar surface area (TPSA) is 44.8 Å². The predicted octanol–water partition coefficient (Wildman–Crippen LogP) is 1.66. The van der Waals surface area contributed by atoms with Gasteiger partial charge in [0.1, 0.15) is 5.75 Å². The summed E-state index contributed by atoms with van der Waals surface area (Å²) < 4.78 is 5.43. The molecule has 0 aromatic heterocycles. The van der Waals surface area contributed by atoms with E-state index < -0.39 is 0 Å². The van der Waals surface area contributed by atoms with E-state index in [0.717, 1.165) is 11.3 Å². The van der Waals surface area contributed by atoms with Crippen LogP contribution in [-0.4, -0.2) is 19.7 Å². The molecule has 1 aliphatic heterocycles. The smallest absolute Gasteiger partial charge is 0.349 e. The molecule has 1 aliphatic rings. The van der Waals surface area contributed by atoms with E-state index in [4.69, 9.17) is 4.74 Å². The van der Waals surface area contributed by atoms with Gasteiger partial charge in [-0.05, 0) is 12.5 Å². The van der Waals surface area contributed by atoms with Crippen LogP contribution < -0.4 is 4.74 Å². The van der Waals surface area contributed by atoms with Gasteiger partial charge < -0.3 is 4.74 Å². The summed E-state index contributed by atoms with van der Waals surface area (Å²) >= 11 is 0. The number of carbonyl (C=O) groups excluding carboxylic acids is 1. The van der Waals surface area contributed by atoms with Gasteiger partial charge in [-0.3, -0.25) is 4.89 Å². The third-order valence-electron chi connectivity index (χ3n) is 2.41. The fourth-order valence-corrected chi connectivity index (χ4v) is 1.73. The Morgan fingerprint density at radius 1 is 1.47 bits per heavy atom. The molecular formula is C11H12O4. The van der Waals surface area contributed by atoms with Crippen molar-refractivity contribution in [2.24, 2.45) is 0 Å². The number of benzene rings is 1. The van der Waals surface area contributed by atoms with Gasteiger partial charge in [0.05, 0.1) is 19.6 Å². The van der Waals surface area contributed by atoms with Gasteiger partial charge in [-0.15, -0.1) is 0 Å². The highest BCUT2D eigenvalue weighted by molar-refractivity contribution is 5.79. The zero-order valence-corrected chi connectivity index (χ0v) is 8.43. The maximum absolute atomic E-state index is 11.6. The molecule has 1 atom stereocenters. The average Bonchev–Trinajstić information content (AvgIpc) is 2.28. The third-order valence-corrected chi connectivity index (χ3v) is 2.41. The van der Waals surface area contributed by atoms with Crippen LogP contribution in [0.4, 0.5) is 0 Å². The number of ether oxygens (including phenoxy) is 1. The van der Waals surface area contributed by atoms with Crippen LogP contribution in [0.25, 0.3) is 0 Å². The number of hydrogen-bond donors (Lipinski definition) is 0. The molecule has 0 saturated carbocycles. The number of hydrogen-bond acceptors (Lipinski definition) is 4. The van der Waals surface area contributed by atoms with Crippen LogP contribution in [0, 0.1) is 0 Å². The van der Waals surface area contributed by atoms with Crippen molar-refractivity contribution >= 4 is 5.97 Å². The normalized spacial score (nSPS) is 18.9. The minimum Gasteiger partial charge on any atom is -0.493 e. The fourth-order valence-electron chi connectivity index (χ4n) is 1.73. The van der Waals surface area contributed by atoms with Gasteiger partial charge in [-0.2, -0.15) is 4.89 Å². The first-order valence-electron chi connectivity index (χ1n) is 4.79. The lowest BCUT2D eigenvalue weighted by atomic mass is 9.93. The predicted molar refractivity (Wildman–Crippen MR) is 52.4 cm³/mol. The Morgan fingerprint density at radius 3 is 3.07 bits per heavy atom. The summed E-state index contributed by atoms with van der Waals surface area (Å²) in [5, 5.41) is 0. The second-order valence-corrected chi connectivity index (χ2v) is 3.30. The molecule has 0 amide bonds. The van der Waals surface area contributed by atoms with E-state index >= 15 is 0 Å². The highest BCUT2D eigenvalue weighted by atomic mass is 17.2. The van der Waals surface area contributed by atoms with Crippen molar-refractivity contribution in [3.63, 3.8) is 0 Å². The molecule has 0 spiro atoms. The first-order valence-corrected chi connectivity index (χ1v) is 4.79. The van der Waals surface area contributed by atoms with E-state index in [9.17, 15) is 4.79 Å². The van der Waals surface area contributed by atoms with Crippen molar-refractivity contribution in [3.8, 4) is 5.75 Å². The summed E-state index contributed by atoms with van der Waals surface area (Å²) in [6.45, 7) is 0.528. The first-order chi connectivity index (χ1) is 7.33. The Labute approximate surface area is 87.7 Å². The van der Waals surface area contributed by atoms with Crippen molar-refractivity contribution in [2.45, 2.75) is 12.3 Å². The third kappa shape index (κ3) is 1.94. The van der Waals surface area contributed by atoms with Crippen molar-refractivity contribution in [2.75, 3.05) is 13.7 Å². The summed E-state index contributed by atoms with van der Waals surface area (Å²) in [6.07, 6.45) is 0.624. The molecule has 4 heteroatoms. The molecule has 1 aromatic rings. The van der Waals surface area contributed by atoms with Crippen LogP contribution in [-0.2, 0) is 14.6 Å². The van der Waals surface area contributed by atoms with E-state index in [1.54, 1.807) is 0 Å². The summed E-state index contributed by atoms with van der Waals surface area (Å²) in [7, 11) is 1.32. The zero-order valence-electron chi connectivity index (χ0n) is 8.43. The van der Waals surface area contributed by atoms with Gasteiger partial charge in [-0.25, -0.2) is 4.79 Å². The highest BCUT2D eigenvalue weighted by Gasteiger charge is 2.29. The summed E-state index contributed by atoms with van der Waals surface area (Å²) in [5.74, 6) is 0.102. The van der Waals surface area contributed by atoms with Crippen LogP contribution in [0.1, 0.15) is 17.9 Å². The summed E-state index contributed by atoms with van der Waals surface area (Å²) in [5.41, 5.74) is 0.866. The Hall–Kier alpha value is -1.55. The number of para-hydroxylation sites is 1. The summed E-state index contributed by atoms with van der Waals surface area (Å²) in [6, 6.07) is 7.47. The van der Waals surface area contributed by atoms with Crippen molar-refractivity contribution in [3.05, 3.63) is 29.8 Å². The van der Waals surface area contributed by atoms with Crippen molar-refractivity contribution < 1.29 is 19.3 Å². The van der Waals surface area contributed by atoms with Crippen molar-refractivity contribution in [1.82, 2.24) is 0 Å². The molecule has 0 bridgehead atoms. The lowest BCUT2D eigenvalue weighted by Crippen LogP contribution is -2.22. The van der Waals surface area contributed by atoms with Crippen LogP contribution in [0.2, 0.25) is 0 Å². The maximum Gasteiger partial charge on any atom is 0.349 e. The quantitative estimate of drug-likeness (QED) is 0.547. The molecule has 2 rings (SSSR count). The standard InChI is InChI=1S/C11H12O4/c1-13-15-11(12)9-6-7-14-10-5-3-2-4-8(9)10/h2-5,9H,6-7H2,1H3. The molecule has 4 nitrogen and oxygen atoms in total. The number of rotatable bonds is 2. The molecular weight excluding hydrogens is 196 g/mol. The van der Waals surface area contributed by atoms with Gasteiger partial charge in [0.25, 0.3) is 0 Å². The van der Waals surface area contributed by atoms with Gasteiger partial charge in [0.15, 0.2) is 0 Å². The first kappa shape index (κ1) is 9.98. The molecule has 0 aliphatic carbocycles. The Morgan fingerprint density at radius 2 is 2.27 bits per heavy atom. The van der Waals surface area contributed by atoms with E-state index in [2.05, 4.69) is 9.78 Å². The number of carbonyl (C=O) groups is 1. The average molecular weight is 208 g/mol. The van der Waals surface area contributed by atoms with E-state index in [0.29, 0.717) is 13.0 Å². The van der Waals surface area contributed by atoms with Crippen LogP contribution >= 0.6 is 0 Å². The SMILES string of the molecule is COOC(=O)C1CCOc2ccccc21. The lowest BCUT2D eigenvalue weighted by Gasteiger charge is -2.23. The van der Waals surface area contributed by atoms with Crippen molar-refractivity contribution in [1.29, 1.82) is 0 Å². The highest BCUT2D eigenvalue weighted by Crippen LogP contribution is 2.33. The monoisotopic (exact) mass is 208 g/mol. The van der Waals surface area contributed by atoms with Gasteiger partial charge in [0.2, 0.25) is 0 Å². The number of fused-ring (bicyclic) bond motifs is 1. The Kier molecular flexibility index (Phi) is 2.87. The largest absolute Gasteiger partial charge is 0.493 e. The minimum absolute atomic E-state index is 0.283. The molecule has 80 valence electrons. The van der Waals surface area contributed by atoms with E-state index in [1.807, 2.05) is 24.3 Å². The van der Waals surface area contributed by atoms with Gasteiger partial charge >= 0.3 is 5.97 Å². The van der Waals surface area contributed by atoms with Crippen LogP contribution in [0.15, 0.2) is 24.3 Å². The zero-order chi connectivity index (χ0) is 10.7. The summed E-state index contributed by atoms with van der Waals surface area (Å²) in [4.78, 5) is 20.5. The Bertz CT molecular complexity index is 361. The van der Waals surface area contributed by atoms with Gasteiger partial charge in [0, 0.05) is 5.56 Å². The molecule has 0 fully saturated rings. The van der Waals surface area contributed by atoms with E-state index in [1.165, 1.54) is 7.11 Å². The fraction of sp³-hybridized carbons (Fsp3) is 0.364. The van der Waals surface area contributed by atoms with E-state index in [-0.39, 0.29) is 11.9 Å². The maximum atomic E-state index is 11.6. The molecule has 0 saturated heterocycles. The lowest BCUT2D eigenvalue weighted by molar-refractivity contribution is -0.257. The molecule has 1 unspecified atom stereocenters. The molecule has 1 aromatic carbocycles. The van der Waals surface area contributed by atoms with Crippen LogP contribution in [0.5, 0.6) is 5.75 Å². The van der Waals surface area contributed by atoms with Crippen LogP contribution in [0.3, 0.4) is 0 Å².